The highest BCUT2D eigenvalue weighted by atomic mass is 16.3. The Kier molecular flexibility index (Phi) is 3.22. The molecule has 2 amide bonds. The molecule has 1 aliphatic heterocycles. The molecule has 106 valence electrons. The molecule has 0 saturated carbocycles. The molecule has 2 aromatic heterocycles. The number of rotatable bonds is 3. The third-order valence-electron chi connectivity index (χ3n) is 3.62. The molecule has 1 aliphatic rings. The van der Waals surface area contributed by atoms with Crippen LogP contribution in [0.1, 0.15) is 30.3 Å². The van der Waals surface area contributed by atoms with E-state index < -0.39 is 0 Å². The molecule has 0 radical (unpaired) electrons. The molecule has 6 nitrogen and oxygen atoms in total. The Morgan fingerprint density at radius 1 is 1.55 bits per heavy atom. The van der Waals surface area contributed by atoms with E-state index in [-0.39, 0.29) is 17.9 Å². The van der Waals surface area contributed by atoms with Crippen molar-refractivity contribution in [1.29, 1.82) is 0 Å². The first-order valence-electron chi connectivity index (χ1n) is 6.85. The molecule has 2 N–H and O–H groups in total. The van der Waals surface area contributed by atoms with Crippen LogP contribution in [0, 0.1) is 0 Å². The van der Waals surface area contributed by atoms with Gasteiger partial charge in [-0.2, -0.15) is 0 Å². The van der Waals surface area contributed by atoms with Gasteiger partial charge in [-0.05, 0) is 6.42 Å². The number of carbonyl (C=O) groups is 2. The summed E-state index contributed by atoms with van der Waals surface area (Å²) in [7, 11) is 0. The van der Waals surface area contributed by atoms with Gasteiger partial charge < -0.3 is 19.6 Å². The number of furan rings is 1. The minimum atomic E-state index is -0.379. The average molecular weight is 275 g/mol. The third kappa shape index (κ3) is 2.07. The van der Waals surface area contributed by atoms with Gasteiger partial charge in [-0.15, -0.1) is 0 Å². The quantitative estimate of drug-likeness (QED) is 0.891. The summed E-state index contributed by atoms with van der Waals surface area (Å²) < 4.78 is 5.25. The van der Waals surface area contributed by atoms with Gasteiger partial charge in [0, 0.05) is 25.2 Å². The lowest BCUT2D eigenvalue weighted by atomic mass is 10.1. The summed E-state index contributed by atoms with van der Waals surface area (Å²) in [5, 5.41) is 2.81. The molecule has 6 heteroatoms. The summed E-state index contributed by atoms with van der Waals surface area (Å²) in [6, 6.07) is 3.09. The van der Waals surface area contributed by atoms with Crippen molar-refractivity contribution in [2.24, 2.45) is 0 Å². The number of nitrogens with one attached hydrogen (secondary N) is 2. The Labute approximate surface area is 116 Å². The van der Waals surface area contributed by atoms with Gasteiger partial charge in [0.2, 0.25) is 5.91 Å². The normalized spacial score (nSPS) is 19.4. The van der Waals surface area contributed by atoms with Crippen molar-refractivity contribution in [2.45, 2.75) is 25.8 Å². The molecular formula is C14H17N3O3. The highest BCUT2D eigenvalue weighted by molar-refractivity contribution is 5.99. The number of carbonyl (C=O) groups excluding carboxylic acids is 2. The molecule has 3 heterocycles. The van der Waals surface area contributed by atoms with E-state index in [0.717, 1.165) is 11.9 Å². The van der Waals surface area contributed by atoms with Gasteiger partial charge >= 0.3 is 0 Å². The van der Waals surface area contributed by atoms with Crippen LogP contribution in [-0.4, -0.2) is 40.8 Å². The molecule has 0 spiro atoms. The Morgan fingerprint density at radius 2 is 2.40 bits per heavy atom. The highest BCUT2D eigenvalue weighted by Crippen LogP contribution is 2.20. The van der Waals surface area contributed by atoms with E-state index in [1.165, 1.54) is 0 Å². The second kappa shape index (κ2) is 5.03. The maximum absolute atomic E-state index is 12.6. The second-order valence-electron chi connectivity index (χ2n) is 4.98. The van der Waals surface area contributed by atoms with Crippen LogP contribution in [-0.2, 0) is 4.79 Å². The van der Waals surface area contributed by atoms with Crippen molar-refractivity contribution in [3.8, 4) is 0 Å². The summed E-state index contributed by atoms with van der Waals surface area (Å²) in [5.74, 6) is -0.216. The standard InChI is InChI=1S/C14H17N3O3/c1-2-3-11-13(18)15-5-6-17(11)14(19)10-8-12-9(16-10)4-7-20-12/h4,7-8,11,16H,2-3,5-6H2,1H3,(H,15,18). The van der Waals surface area contributed by atoms with Crippen molar-refractivity contribution >= 4 is 22.9 Å². The Morgan fingerprint density at radius 3 is 3.15 bits per heavy atom. The van der Waals surface area contributed by atoms with E-state index in [4.69, 9.17) is 4.42 Å². The van der Waals surface area contributed by atoms with E-state index in [9.17, 15) is 9.59 Å². The first-order valence-corrected chi connectivity index (χ1v) is 6.85. The first kappa shape index (κ1) is 12.8. The summed E-state index contributed by atoms with van der Waals surface area (Å²) in [5.41, 5.74) is 1.92. The first-order chi connectivity index (χ1) is 9.70. The van der Waals surface area contributed by atoms with Crippen LogP contribution in [0.25, 0.3) is 11.1 Å². The van der Waals surface area contributed by atoms with E-state index >= 15 is 0 Å². The lowest BCUT2D eigenvalue weighted by Crippen LogP contribution is -2.57. The van der Waals surface area contributed by atoms with Crippen LogP contribution in [0.2, 0.25) is 0 Å². The number of fused-ring (bicyclic) bond motifs is 1. The van der Waals surface area contributed by atoms with E-state index in [0.29, 0.717) is 30.8 Å². The van der Waals surface area contributed by atoms with Crippen LogP contribution < -0.4 is 5.32 Å². The molecule has 0 aliphatic carbocycles. The van der Waals surface area contributed by atoms with Crippen molar-refractivity contribution < 1.29 is 14.0 Å². The number of piperazine rings is 1. The molecule has 0 bridgehead atoms. The minimum Gasteiger partial charge on any atom is -0.463 e. The molecule has 1 unspecified atom stereocenters. The lowest BCUT2D eigenvalue weighted by Gasteiger charge is -2.34. The van der Waals surface area contributed by atoms with Gasteiger partial charge in [-0.1, -0.05) is 13.3 Å². The van der Waals surface area contributed by atoms with Crippen LogP contribution in [0.15, 0.2) is 22.8 Å². The Hall–Kier alpha value is -2.24. The smallest absolute Gasteiger partial charge is 0.271 e. The van der Waals surface area contributed by atoms with E-state index in [1.54, 1.807) is 23.3 Å². The number of hydrogen-bond acceptors (Lipinski definition) is 3. The number of hydrogen-bond donors (Lipinski definition) is 2. The third-order valence-corrected chi connectivity index (χ3v) is 3.62. The fourth-order valence-electron chi connectivity index (χ4n) is 2.64. The molecule has 1 fully saturated rings. The van der Waals surface area contributed by atoms with Crippen molar-refractivity contribution in [2.75, 3.05) is 13.1 Å². The van der Waals surface area contributed by atoms with Crippen LogP contribution in [0.4, 0.5) is 0 Å². The zero-order valence-electron chi connectivity index (χ0n) is 11.3. The summed E-state index contributed by atoms with van der Waals surface area (Å²) in [6.07, 6.45) is 3.10. The summed E-state index contributed by atoms with van der Waals surface area (Å²) >= 11 is 0. The van der Waals surface area contributed by atoms with Crippen molar-refractivity contribution in [1.82, 2.24) is 15.2 Å². The predicted molar refractivity (Wildman–Crippen MR) is 73.3 cm³/mol. The van der Waals surface area contributed by atoms with Gasteiger partial charge in [0.1, 0.15) is 11.7 Å². The Balaban J connectivity index is 1.87. The Bertz CT molecular complexity index is 614. The zero-order chi connectivity index (χ0) is 14.1. The molecule has 1 atom stereocenters. The minimum absolute atomic E-state index is 0.0679. The van der Waals surface area contributed by atoms with Gasteiger partial charge in [0.15, 0.2) is 5.58 Å². The van der Waals surface area contributed by atoms with E-state index in [2.05, 4.69) is 10.3 Å². The van der Waals surface area contributed by atoms with Crippen LogP contribution >= 0.6 is 0 Å². The maximum Gasteiger partial charge on any atom is 0.271 e. The van der Waals surface area contributed by atoms with Gasteiger partial charge in [0.05, 0.1) is 11.8 Å². The van der Waals surface area contributed by atoms with Gasteiger partial charge in [0.25, 0.3) is 5.91 Å². The summed E-state index contributed by atoms with van der Waals surface area (Å²) in [6.45, 7) is 3.05. The zero-order valence-corrected chi connectivity index (χ0v) is 11.3. The predicted octanol–water partition coefficient (Wildman–Crippen LogP) is 1.50. The van der Waals surface area contributed by atoms with Crippen molar-refractivity contribution in [3.05, 3.63) is 24.1 Å². The monoisotopic (exact) mass is 275 g/mol. The fraction of sp³-hybridized carbons (Fsp3) is 0.429. The van der Waals surface area contributed by atoms with Crippen molar-refractivity contribution in [3.63, 3.8) is 0 Å². The number of amides is 2. The van der Waals surface area contributed by atoms with E-state index in [1.807, 2.05) is 6.92 Å². The van der Waals surface area contributed by atoms with Gasteiger partial charge in [-0.3, -0.25) is 9.59 Å². The van der Waals surface area contributed by atoms with Crippen LogP contribution in [0.5, 0.6) is 0 Å². The molecule has 2 aromatic rings. The highest BCUT2D eigenvalue weighted by Gasteiger charge is 2.33. The van der Waals surface area contributed by atoms with Crippen LogP contribution in [0.3, 0.4) is 0 Å². The number of nitrogens with zero attached hydrogens (tertiary/aromatic N) is 1. The largest absolute Gasteiger partial charge is 0.463 e. The fourth-order valence-corrected chi connectivity index (χ4v) is 2.64. The van der Waals surface area contributed by atoms with Gasteiger partial charge in [-0.25, -0.2) is 0 Å². The molecule has 3 rings (SSSR count). The molecule has 1 saturated heterocycles. The number of H-pyrrole nitrogens is 1. The maximum atomic E-state index is 12.6. The average Bonchev–Trinajstić information content (AvgIpc) is 3.01. The molecule has 20 heavy (non-hydrogen) atoms. The molecule has 0 aromatic carbocycles. The second-order valence-corrected chi connectivity index (χ2v) is 4.98. The lowest BCUT2D eigenvalue weighted by molar-refractivity contribution is -0.128. The SMILES string of the molecule is CCCC1C(=O)NCCN1C(=O)c1cc2occc2[nH]1. The number of aromatic amines is 1. The summed E-state index contributed by atoms with van der Waals surface area (Å²) in [4.78, 5) is 29.2. The number of aromatic nitrogens is 1. The topological polar surface area (TPSA) is 78.3 Å². The molecular weight excluding hydrogens is 258 g/mol.